The molecule has 12 aromatic carbocycles. The van der Waals surface area contributed by atoms with E-state index in [0.29, 0.717) is 22.7 Å². The van der Waals surface area contributed by atoms with Crippen LogP contribution < -0.4 is 14.5 Å². The molecule has 2 aliphatic rings. The lowest BCUT2D eigenvalue weighted by Gasteiger charge is -2.41. The second-order valence-corrected chi connectivity index (χ2v) is 20.6. The summed E-state index contributed by atoms with van der Waals surface area (Å²) >= 11 is 1.76. The van der Waals surface area contributed by atoms with E-state index in [1.165, 1.54) is 0 Å². The molecule has 13 aromatic rings. The molecule has 1 aliphatic carbocycles. The summed E-state index contributed by atoms with van der Waals surface area (Å²) in [5.74, 6) is 1.04. The number of ether oxygens (including phenoxy) is 1. The molecule has 0 bridgehead atoms. The van der Waals surface area contributed by atoms with Gasteiger partial charge in [-0.3, -0.25) is 0 Å². The van der Waals surface area contributed by atoms with Crippen LogP contribution in [-0.4, -0.2) is 0 Å². The predicted octanol–water partition coefficient (Wildman–Crippen LogP) is 20.5. The van der Waals surface area contributed by atoms with Crippen molar-refractivity contribution in [2.45, 2.75) is 5.41 Å². The van der Waals surface area contributed by atoms with Gasteiger partial charge in [-0.25, -0.2) is 0 Å². The molecule has 0 radical (unpaired) electrons. The minimum atomic E-state index is -0.970. The average molecular weight is 1010 g/mol. The second-order valence-electron chi connectivity index (χ2n) is 19.5. The Labute approximate surface area is 459 Å². The first-order valence-corrected chi connectivity index (χ1v) is 26.7. The lowest BCUT2D eigenvalue weighted by Crippen LogP contribution is -2.32. The lowest BCUT2D eigenvalue weighted by atomic mass is 9.65. The van der Waals surface area contributed by atoms with Crippen LogP contribution in [0.3, 0.4) is 0 Å². The van der Waals surface area contributed by atoms with Gasteiger partial charge in [0.05, 0.1) is 23.6 Å². The van der Waals surface area contributed by atoms with Gasteiger partial charge in [0.2, 0.25) is 0 Å². The average Bonchev–Trinajstić information content (AvgIpc) is 1.92. The highest BCUT2D eigenvalue weighted by molar-refractivity contribution is 7.26. The van der Waals surface area contributed by atoms with Gasteiger partial charge in [-0.1, -0.05) is 212 Å². The first kappa shape index (κ1) is 39.7. The summed E-state index contributed by atoms with van der Waals surface area (Å²) in [4.78, 5) is 4.63. The number of thiophene rings is 1. The van der Waals surface area contributed by atoms with Crippen molar-refractivity contribution < 1.29 is 11.6 Å². The standard InChI is InChI=1S/C73H48N2OS/c1-5-22-49(23-6-1)50-40-42-54(43-41-50)74(53-28-11-4-12-29-53)67-37-21-39-70-71(67)61-46-55(44-45-69(61)77-70)75(66-36-19-15-30-57(66)51-24-7-2-8-25-51)56-47-60(52-26-9-3-10-27-52)72-65(48-56)73(64-35-18-20-38-68(64)76-72)62-33-16-13-31-58(62)59-32-14-17-34-63(59)73/h1-48H/i3D,9D,10D,26D,27D. The third-order valence-corrected chi connectivity index (χ3v) is 16.5. The van der Waals surface area contributed by atoms with E-state index in [9.17, 15) is 2.74 Å². The molecule has 1 spiro atoms. The van der Waals surface area contributed by atoms with E-state index in [-0.39, 0.29) is 17.6 Å². The number of benzene rings is 12. The molecule has 3 nitrogen and oxygen atoms in total. The summed E-state index contributed by atoms with van der Waals surface area (Å²) in [5, 5.41) is 2.17. The minimum Gasteiger partial charge on any atom is -0.456 e. The van der Waals surface area contributed by atoms with Crippen molar-refractivity contribution >= 4 is 65.6 Å². The molecule has 2 heterocycles. The Morgan fingerprint density at radius 3 is 1.64 bits per heavy atom. The van der Waals surface area contributed by atoms with Crippen molar-refractivity contribution in [1.29, 1.82) is 0 Å². The van der Waals surface area contributed by atoms with Crippen LogP contribution >= 0.6 is 11.3 Å². The van der Waals surface area contributed by atoms with Crippen LogP contribution in [-0.2, 0) is 5.41 Å². The Morgan fingerprint density at radius 1 is 0.351 bits per heavy atom. The summed E-state index contributed by atoms with van der Waals surface area (Å²) in [6.07, 6.45) is 0. The molecule has 0 saturated carbocycles. The number of hydrogen-bond donors (Lipinski definition) is 0. The first-order chi connectivity index (χ1) is 40.3. The highest BCUT2D eigenvalue weighted by Crippen LogP contribution is 2.64. The van der Waals surface area contributed by atoms with Crippen LogP contribution in [0.2, 0.25) is 0 Å². The van der Waals surface area contributed by atoms with Crippen molar-refractivity contribution in [3.63, 3.8) is 0 Å². The van der Waals surface area contributed by atoms with Gasteiger partial charge in [-0.2, -0.15) is 0 Å². The van der Waals surface area contributed by atoms with Gasteiger partial charge in [-0.15, -0.1) is 11.3 Å². The molecule has 1 aliphatic heterocycles. The molecular weight excluding hydrogens is 953 g/mol. The second kappa shape index (κ2) is 18.3. The van der Waals surface area contributed by atoms with Gasteiger partial charge in [0, 0.05) is 65.2 Å². The molecule has 1 aromatic heterocycles. The maximum absolute atomic E-state index is 9.66. The maximum atomic E-state index is 9.66. The van der Waals surface area contributed by atoms with Gasteiger partial charge >= 0.3 is 0 Å². The Kier molecular flexibility index (Phi) is 9.42. The maximum Gasteiger partial charge on any atom is 0.140 e. The Bertz CT molecular complexity index is 4610. The Balaban J connectivity index is 1.04. The van der Waals surface area contributed by atoms with Crippen molar-refractivity contribution in [2.75, 3.05) is 9.80 Å². The molecule has 362 valence electrons. The zero-order chi connectivity index (χ0) is 55.2. The van der Waals surface area contributed by atoms with E-state index in [1.54, 1.807) is 11.3 Å². The summed E-state index contributed by atoms with van der Waals surface area (Å²) in [6, 6.07) is 89.3. The zero-order valence-electron chi connectivity index (χ0n) is 46.5. The van der Waals surface area contributed by atoms with Crippen LogP contribution in [0.4, 0.5) is 34.1 Å². The Hall–Kier alpha value is -9.74. The highest BCUT2D eigenvalue weighted by Gasteiger charge is 2.52. The largest absolute Gasteiger partial charge is 0.456 e. The van der Waals surface area contributed by atoms with Crippen molar-refractivity contribution in [1.82, 2.24) is 0 Å². The van der Waals surface area contributed by atoms with E-state index in [0.717, 1.165) is 104 Å². The number of anilines is 6. The molecular formula is C73H48N2OS. The van der Waals surface area contributed by atoms with Gasteiger partial charge in [0.1, 0.15) is 11.5 Å². The Morgan fingerprint density at radius 2 is 0.909 bits per heavy atom. The molecule has 0 unspecified atom stereocenters. The monoisotopic (exact) mass is 1010 g/mol. The highest BCUT2D eigenvalue weighted by atomic mass is 32.1. The molecule has 0 amide bonds. The van der Waals surface area contributed by atoms with E-state index in [4.69, 9.17) is 8.85 Å². The summed E-state index contributed by atoms with van der Waals surface area (Å²) < 4.78 is 55.7. The fraction of sp³-hybridized carbons (Fsp3) is 0.0137. The number of fused-ring (bicyclic) bond motifs is 12. The number of hydrogen-bond acceptors (Lipinski definition) is 4. The minimum absolute atomic E-state index is 0.0521. The van der Waals surface area contributed by atoms with Crippen molar-refractivity contribution in [3.8, 4) is 56.0 Å². The van der Waals surface area contributed by atoms with Crippen LogP contribution in [0, 0.1) is 0 Å². The van der Waals surface area contributed by atoms with E-state index in [1.807, 2.05) is 30.3 Å². The van der Waals surface area contributed by atoms with E-state index >= 15 is 0 Å². The fourth-order valence-corrected chi connectivity index (χ4v) is 13.3. The smallest absolute Gasteiger partial charge is 0.140 e. The van der Waals surface area contributed by atoms with Crippen LogP contribution in [0.15, 0.2) is 291 Å². The van der Waals surface area contributed by atoms with Gasteiger partial charge < -0.3 is 14.5 Å². The number of nitrogens with zero attached hydrogens (tertiary/aromatic N) is 2. The van der Waals surface area contributed by atoms with Crippen LogP contribution in [0.1, 0.15) is 29.1 Å². The number of para-hydroxylation sites is 3. The lowest BCUT2D eigenvalue weighted by molar-refractivity contribution is 0.438. The molecule has 15 rings (SSSR count). The molecule has 4 heteroatoms. The summed E-state index contributed by atoms with van der Waals surface area (Å²) in [5.41, 5.74) is 15.3. The quantitative estimate of drug-likeness (QED) is 0.143. The normalized spacial score (nSPS) is 13.5. The van der Waals surface area contributed by atoms with Crippen molar-refractivity contribution in [3.05, 3.63) is 313 Å². The summed E-state index contributed by atoms with van der Waals surface area (Å²) in [6.45, 7) is 0. The molecule has 0 N–H and O–H groups in total. The molecule has 0 saturated heterocycles. The van der Waals surface area contributed by atoms with Gasteiger partial charge in [-0.05, 0) is 123 Å². The van der Waals surface area contributed by atoms with E-state index in [2.05, 4.69) is 240 Å². The van der Waals surface area contributed by atoms with Crippen LogP contribution in [0.5, 0.6) is 11.5 Å². The van der Waals surface area contributed by atoms with Crippen molar-refractivity contribution in [2.24, 2.45) is 0 Å². The first-order valence-electron chi connectivity index (χ1n) is 28.4. The van der Waals surface area contributed by atoms with Crippen LogP contribution in [0.25, 0.3) is 64.7 Å². The molecule has 0 atom stereocenters. The predicted molar refractivity (Wildman–Crippen MR) is 322 cm³/mol. The third kappa shape index (κ3) is 7.18. The van der Waals surface area contributed by atoms with E-state index < -0.39 is 23.5 Å². The summed E-state index contributed by atoms with van der Waals surface area (Å²) in [7, 11) is 0. The third-order valence-electron chi connectivity index (χ3n) is 15.4. The molecule has 77 heavy (non-hydrogen) atoms. The number of rotatable bonds is 9. The zero-order valence-corrected chi connectivity index (χ0v) is 42.4. The fourth-order valence-electron chi connectivity index (χ4n) is 12.2. The topological polar surface area (TPSA) is 15.7 Å². The van der Waals surface area contributed by atoms with Gasteiger partial charge in [0.25, 0.3) is 0 Å². The molecule has 0 fully saturated rings. The van der Waals surface area contributed by atoms with Gasteiger partial charge in [0.15, 0.2) is 0 Å². The SMILES string of the molecule is [2H]c1c([2H])c([2H])c(-c2cc(N(c3ccc4sc5cccc(N(c6ccccc6)c6ccc(-c7ccccc7)cc6)c5c4c3)c3ccccc3-c3ccccc3)cc3c2Oc2ccccc2C32c3ccccc3-c3ccccc32)c([2H])c1[2H].